The van der Waals surface area contributed by atoms with E-state index < -0.39 is 17.8 Å². The van der Waals surface area contributed by atoms with Crippen LogP contribution in [0.1, 0.15) is 27.8 Å². The van der Waals surface area contributed by atoms with Crippen molar-refractivity contribution in [3.8, 4) is 0 Å². The molecule has 0 aliphatic carbocycles. The van der Waals surface area contributed by atoms with E-state index in [0.29, 0.717) is 28.2 Å². The SMILES string of the molecule is C=C(Cl)CSc1nnc([C@H](Cc2ccccc2)NC(=O)c2ccccc2F)n1C. The summed E-state index contributed by atoms with van der Waals surface area (Å²) in [5.74, 6) is -0.00625. The Morgan fingerprint density at radius 2 is 1.90 bits per heavy atom. The standard InChI is InChI=1S/C21H20ClFN4OS/c1-14(22)13-29-21-26-25-19(27(21)2)18(12-15-8-4-3-5-9-15)24-20(28)16-10-6-7-11-17(16)23/h3-11,18H,1,12-13H2,2H3,(H,24,28)/t18-/m0/s1. The van der Waals surface area contributed by atoms with E-state index in [9.17, 15) is 9.18 Å². The highest BCUT2D eigenvalue weighted by Gasteiger charge is 2.24. The summed E-state index contributed by atoms with van der Waals surface area (Å²) < 4.78 is 15.9. The van der Waals surface area contributed by atoms with Gasteiger partial charge in [-0.2, -0.15) is 0 Å². The molecular weight excluding hydrogens is 411 g/mol. The molecule has 0 saturated heterocycles. The van der Waals surface area contributed by atoms with E-state index in [4.69, 9.17) is 11.6 Å². The number of carbonyl (C=O) groups is 1. The van der Waals surface area contributed by atoms with E-state index in [-0.39, 0.29) is 5.56 Å². The molecule has 29 heavy (non-hydrogen) atoms. The summed E-state index contributed by atoms with van der Waals surface area (Å²) in [5.41, 5.74) is 0.999. The fourth-order valence-corrected chi connectivity index (χ4v) is 3.67. The maximum atomic E-state index is 14.1. The van der Waals surface area contributed by atoms with E-state index in [2.05, 4.69) is 22.1 Å². The average molecular weight is 431 g/mol. The smallest absolute Gasteiger partial charge is 0.254 e. The first-order valence-corrected chi connectivity index (χ1v) is 10.3. The van der Waals surface area contributed by atoms with Gasteiger partial charge in [-0.1, -0.05) is 72.4 Å². The Balaban J connectivity index is 1.88. The Kier molecular flexibility index (Phi) is 7.06. The van der Waals surface area contributed by atoms with Crippen LogP contribution in [0.3, 0.4) is 0 Å². The molecule has 8 heteroatoms. The minimum absolute atomic E-state index is 0.0132. The molecule has 3 aromatic rings. The van der Waals surface area contributed by atoms with E-state index in [1.807, 2.05) is 37.4 Å². The summed E-state index contributed by atoms with van der Waals surface area (Å²) >= 11 is 7.25. The third-order valence-corrected chi connectivity index (χ3v) is 5.64. The Labute approximate surface area is 178 Å². The van der Waals surface area contributed by atoms with Crippen molar-refractivity contribution in [2.75, 3.05) is 5.75 Å². The van der Waals surface area contributed by atoms with Crippen LogP contribution in [0.4, 0.5) is 4.39 Å². The summed E-state index contributed by atoms with van der Waals surface area (Å²) in [6.07, 6.45) is 0.486. The minimum atomic E-state index is -0.571. The summed E-state index contributed by atoms with van der Waals surface area (Å²) in [6.45, 7) is 3.67. The highest BCUT2D eigenvalue weighted by molar-refractivity contribution is 7.99. The first kappa shape index (κ1) is 21.1. The van der Waals surface area contributed by atoms with Crippen LogP contribution in [0.15, 0.2) is 71.4 Å². The maximum absolute atomic E-state index is 14.1. The molecule has 1 amide bonds. The lowest BCUT2D eigenvalue weighted by Gasteiger charge is -2.19. The Morgan fingerprint density at radius 3 is 2.59 bits per heavy atom. The van der Waals surface area contributed by atoms with Gasteiger partial charge in [0.15, 0.2) is 11.0 Å². The van der Waals surface area contributed by atoms with Gasteiger partial charge in [-0.05, 0) is 24.1 Å². The Hall–Kier alpha value is -2.64. The van der Waals surface area contributed by atoms with Crippen molar-refractivity contribution in [1.82, 2.24) is 20.1 Å². The molecule has 0 unspecified atom stereocenters. The van der Waals surface area contributed by atoms with Gasteiger partial charge in [0.25, 0.3) is 5.91 Å². The van der Waals surface area contributed by atoms with Crippen LogP contribution >= 0.6 is 23.4 Å². The topological polar surface area (TPSA) is 59.8 Å². The zero-order chi connectivity index (χ0) is 20.8. The first-order chi connectivity index (χ1) is 14.0. The van der Waals surface area contributed by atoms with E-state index in [0.717, 1.165) is 5.56 Å². The van der Waals surface area contributed by atoms with Crippen LogP contribution in [0, 0.1) is 5.82 Å². The monoisotopic (exact) mass is 430 g/mol. The van der Waals surface area contributed by atoms with Crippen molar-refractivity contribution in [3.05, 3.63) is 89.0 Å². The van der Waals surface area contributed by atoms with Crippen LogP contribution < -0.4 is 5.32 Å². The van der Waals surface area contributed by atoms with Crippen LogP contribution in [-0.2, 0) is 13.5 Å². The van der Waals surface area contributed by atoms with Gasteiger partial charge in [0.05, 0.1) is 11.6 Å². The van der Waals surface area contributed by atoms with Gasteiger partial charge >= 0.3 is 0 Å². The van der Waals surface area contributed by atoms with Gasteiger partial charge in [0.1, 0.15) is 5.82 Å². The molecular formula is C21H20ClFN4OS. The quantitative estimate of drug-likeness (QED) is 0.534. The molecule has 0 bridgehead atoms. The van der Waals surface area contributed by atoms with Crippen LogP contribution in [0.2, 0.25) is 0 Å². The number of aromatic nitrogens is 3. The van der Waals surface area contributed by atoms with Gasteiger partial charge in [0, 0.05) is 17.8 Å². The number of benzene rings is 2. The molecule has 5 nitrogen and oxygen atoms in total. The highest BCUT2D eigenvalue weighted by Crippen LogP contribution is 2.24. The molecule has 0 spiro atoms. The summed E-state index contributed by atoms with van der Waals surface area (Å²) in [4.78, 5) is 12.7. The van der Waals surface area contributed by atoms with Crippen molar-refractivity contribution in [2.45, 2.75) is 17.6 Å². The molecule has 2 aromatic carbocycles. The summed E-state index contributed by atoms with van der Waals surface area (Å²) in [7, 11) is 1.82. The van der Waals surface area contributed by atoms with Gasteiger partial charge in [0.2, 0.25) is 0 Å². The zero-order valence-electron chi connectivity index (χ0n) is 15.8. The normalized spacial score (nSPS) is 11.8. The second kappa shape index (κ2) is 9.71. The van der Waals surface area contributed by atoms with E-state index in [1.54, 1.807) is 16.7 Å². The second-order valence-corrected chi connectivity index (χ2v) is 7.88. The first-order valence-electron chi connectivity index (χ1n) is 8.90. The number of hydrogen-bond donors (Lipinski definition) is 1. The molecule has 0 radical (unpaired) electrons. The number of thioether (sulfide) groups is 1. The van der Waals surface area contributed by atoms with E-state index >= 15 is 0 Å². The number of halogens is 2. The predicted octanol–water partition coefficient (Wildman–Crippen LogP) is 4.51. The van der Waals surface area contributed by atoms with Gasteiger partial charge in [-0.15, -0.1) is 10.2 Å². The third-order valence-electron chi connectivity index (χ3n) is 4.24. The van der Waals surface area contributed by atoms with Gasteiger partial charge in [-0.3, -0.25) is 4.79 Å². The number of carbonyl (C=O) groups excluding carboxylic acids is 1. The maximum Gasteiger partial charge on any atom is 0.254 e. The van der Waals surface area contributed by atoms with Crippen molar-refractivity contribution < 1.29 is 9.18 Å². The van der Waals surface area contributed by atoms with Gasteiger partial charge in [-0.25, -0.2) is 4.39 Å². The highest BCUT2D eigenvalue weighted by atomic mass is 35.5. The molecule has 1 atom stereocenters. The minimum Gasteiger partial charge on any atom is -0.342 e. The van der Waals surface area contributed by atoms with Crippen molar-refractivity contribution in [1.29, 1.82) is 0 Å². The number of nitrogens with one attached hydrogen (secondary N) is 1. The van der Waals surface area contributed by atoms with Crippen LogP contribution in [0.25, 0.3) is 0 Å². The van der Waals surface area contributed by atoms with Crippen molar-refractivity contribution in [2.24, 2.45) is 7.05 Å². The number of nitrogens with zero attached hydrogens (tertiary/aromatic N) is 3. The fraction of sp³-hybridized carbons (Fsp3) is 0.190. The Morgan fingerprint density at radius 1 is 1.21 bits per heavy atom. The largest absolute Gasteiger partial charge is 0.342 e. The summed E-state index contributed by atoms with van der Waals surface area (Å²) in [6, 6.07) is 15.1. The van der Waals surface area contributed by atoms with Gasteiger partial charge < -0.3 is 9.88 Å². The molecule has 1 N–H and O–H groups in total. The van der Waals surface area contributed by atoms with Crippen LogP contribution in [0.5, 0.6) is 0 Å². The average Bonchev–Trinajstić information content (AvgIpc) is 3.07. The lowest BCUT2D eigenvalue weighted by Crippen LogP contribution is -2.32. The molecule has 0 fully saturated rings. The predicted molar refractivity (Wildman–Crippen MR) is 113 cm³/mol. The molecule has 1 aromatic heterocycles. The molecule has 0 aliphatic heterocycles. The number of hydrogen-bond acceptors (Lipinski definition) is 4. The molecule has 0 saturated carbocycles. The fourth-order valence-electron chi connectivity index (χ4n) is 2.84. The van der Waals surface area contributed by atoms with Crippen molar-refractivity contribution in [3.63, 3.8) is 0 Å². The van der Waals surface area contributed by atoms with E-state index in [1.165, 1.54) is 23.9 Å². The molecule has 150 valence electrons. The Bertz CT molecular complexity index is 1010. The number of rotatable bonds is 8. The molecule has 1 heterocycles. The zero-order valence-corrected chi connectivity index (χ0v) is 17.4. The van der Waals surface area contributed by atoms with Crippen LogP contribution in [-0.4, -0.2) is 26.4 Å². The lowest BCUT2D eigenvalue weighted by atomic mass is 10.0. The number of amides is 1. The second-order valence-electron chi connectivity index (χ2n) is 6.40. The molecule has 0 aliphatic rings. The lowest BCUT2D eigenvalue weighted by molar-refractivity contribution is 0.0930. The summed E-state index contributed by atoms with van der Waals surface area (Å²) in [5, 5.41) is 12.5. The molecule has 3 rings (SSSR count). The van der Waals surface area contributed by atoms with Crippen molar-refractivity contribution >= 4 is 29.3 Å². The third kappa shape index (κ3) is 5.46.